The van der Waals surface area contributed by atoms with E-state index in [-0.39, 0.29) is 13.4 Å². The van der Waals surface area contributed by atoms with Crippen molar-refractivity contribution >= 4 is 0 Å². The highest BCUT2D eigenvalue weighted by molar-refractivity contribution is 5.47. The lowest BCUT2D eigenvalue weighted by atomic mass is 9.99. The predicted octanol–water partition coefficient (Wildman–Crippen LogP) is 0.854. The molecule has 1 aromatic rings. The number of benzene rings is 1. The fourth-order valence-corrected chi connectivity index (χ4v) is 1.73. The number of aryl methyl sites for hydroxylation is 1. The van der Waals surface area contributed by atoms with E-state index in [0.717, 1.165) is 22.4 Å². The SMILES string of the molecule is Cc1ccc(C(N)CO)c2c1COCO2. The van der Waals surface area contributed by atoms with Gasteiger partial charge >= 0.3 is 0 Å². The van der Waals surface area contributed by atoms with Gasteiger partial charge in [0.05, 0.1) is 19.3 Å². The molecule has 0 spiro atoms. The van der Waals surface area contributed by atoms with Crippen LogP contribution >= 0.6 is 0 Å². The van der Waals surface area contributed by atoms with Crippen molar-refractivity contribution in [3.8, 4) is 5.75 Å². The third-order valence-corrected chi connectivity index (χ3v) is 2.65. The van der Waals surface area contributed by atoms with Crippen LogP contribution in [0.25, 0.3) is 0 Å². The van der Waals surface area contributed by atoms with Crippen molar-refractivity contribution in [3.05, 3.63) is 28.8 Å². The van der Waals surface area contributed by atoms with Gasteiger partial charge in [-0.25, -0.2) is 0 Å². The normalized spacial score (nSPS) is 16.7. The van der Waals surface area contributed by atoms with Crippen molar-refractivity contribution in [2.75, 3.05) is 13.4 Å². The molecule has 1 atom stereocenters. The Morgan fingerprint density at radius 2 is 2.33 bits per heavy atom. The molecule has 0 bridgehead atoms. The second kappa shape index (κ2) is 4.18. The van der Waals surface area contributed by atoms with Crippen molar-refractivity contribution < 1.29 is 14.6 Å². The van der Waals surface area contributed by atoms with E-state index >= 15 is 0 Å². The van der Waals surface area contributed by atoms with Gasteiger partial charge in [-0.05, 0) is 12.5 Å². The zero-order valence-electron chi connectivity index (χ0n) is 8.69. The van der Waals surface area contributed by atoms with Gasteiger partial charge in [-0.3, -0.25) is 0 Å². The molecule has 0 saturated heterocycles. The Morgan fingerprint density at radius 3 is 3.07 bits per heavy atom. The van der Waals surface area contributed by atoms with E-state index in [1.54, 1.807) is 0 Å². The molecule has 0 saturated carbocycles. The van der Waals surface area contributed by atoms with Crippen LogP contribution in [-0.2, 0) is 11.3 Å². The second-order valence-electron chi connectivity index (χ2n) is 3.68. The number of rotatable bonds is 2. The largest absolute Gasteiger partial charge is 0.467 e. The third-order valence-electron chi connectivity index (χ3n) is 2.65. The third kappa shape index (κ3) is 1.84. The summed E-state index contributed by atoms with van der Waals surface area (Å²) in [5, 5.41) is 9.05. The maximum absolute atomic E-state index is 9.05. The fraction of sp³-hybridized carbons (Fsp3) is 0.455. The van der Waals surface area contributed by atoms with Gasteiger partial charge in [-0.1, -0.05) is 12.1 Å². The first-order valence-electron chi connectivity index (χ1n) is 4.93. The van der Waals surface area contributed by atoms with Crippen LogP contribution in [0.5, 0.6) is 5.75 Å². The average molecular weight is 209 g/mol. The van der Waals surface area contributed by atoms with E-state index in [4.69, 9.17) is 20.3 Å². The maximum Gasteiger partial charge on any atom is 0.189 e. The van der Waals surface area contributed by atoms with Gasteiger partial charge < -0.3 is 20.3 Å². The van der Waals surface area contributed by atoms with Crippen LogP contribution in [-0.4, -0.2) is 18.5 Å². The van der Waals surface area contributed by atoms with Gasteiger partial charge in [0.15, 0.2) is 6.79 Å². The summed E-state index contributed by atoms with van der Waals surface area (Å²) in [7, 11) is 0. The van der Waals surface area contributed by atoms with Gasteiger partial charge in [0.2, 0.25) is 0 Å². The molecule has 82 valence electrons. The molecule has 0 radical (unpaired) electrons. The highest BCUT2D eigenvalue weighted by Gasteiger charge is 2.20. The first-order valence-corrected chi connectivity index (χ1v) is 4.93. The number of ether oxygens (including phenoxy) is 2. The average Bonchev–Trinajstić information content (AvgIpc) is 2.29. The fourth-order valence-electron chi connectivity index (χ4n) is 1.73. The Labute approximate surface area is 88.6 Å². The van der Waals surface area contributed by atoms with Crippen LogP contribution in [0.4, 0.5) is 0 Å². The summed E-state index contributed by atoms with van der Waals surface area (Å²) < 4.78 is 10.7. The van der Waals surface area contributed by atoms with Crippen molar-refractivity contribution in [2.45, 2.75) is 19.6 Å². The van der Waals surface area contributed by atoms with Crippen LogP contribution in [0.2, 0.25) is 0 Å². The van der Waals surface area contributed by atoms with Crippen LogP contribution in [0.3, 0.4) is 0 Å². The summed E-state index contributed by atoms with van der Waals surface area (Å²) in [5.41, 5.74) is 8.80. The Morgan fingerprint density at radius 1 is 1.53 bits per heavy atom. The number of aliphatic hydroxyl groups excluding tert-OH is 1. The van der Waals surface area contributed by atoms with E-state index in [9.17, 15) is 0 Å². The smallest absolute Gasteiger partial charge is 0.189 e. The topological polar surface area (TPSA) is 64.7 Å². The predicted molar refractivity (Wildman–Crippen MR) is 55.5 cm³/mol. The van der Waals surface area contributed by atoms with Crippen LogP contribution in [0, 0.1) is 6.92 Å². The number of nitrogens with two attached hydrogens (primary N) is 1. The number of hydrogen-bond acceptors (Lipinski definition) is 4. The van der Waals surface area contributed by atoms with Crippen molar-refractivity contribution in [1.29, 1.82) is 0 Å². The molecule has 0 aliphatic carbocycles. The van der Waals surface area contributed by atoms with Gasteiger partial charge in [-0.2, -0.15) is 0 Å². The molecule has 0 amide bonds. The molecule has 1 unspecified atom stereocenters. The minimum atomic E-state index is -0.391. The first kappa shape index (κ1) is 10.4. The summed E-state index contributed by atoms with van der Waals surface area (Å²) in [6.45, 7) is 2.72. The highest BCUT2D eigenvalue weighted by Crippen LogP contribution is 2.33. The van der Waals surface area contributed by atoms with Gasteiger partial charge in [0.25, 0.3) is 0 Å². The summed E-state index contributed by atoms with van der Waals surface area (Å²) in [4.78, 5) is 0. The Balaban J connectivity index is 2.48. The monoisotopic (exact) mass is 209 g/mol. The number of fused-ring (bicyclic) bond motifs is 1. The lowest BCUT2D eigenvalue weighted by molar-refractivity contribution is -0.0177. The molecule has 3 N–H and O–H groups in total. The van der Waals surface area contributed by atoms with Gasteiger partial charge in [0, 0.05) is 11.1 Å². The van der Waals surface area contributed by atoms with E-state index in [2.05, 4.69) is 0 Å². The molecule has 0 aromatic heterocycles. The zero-order valence-corrected chi connectivity index (χ0v) is 8.69. The van der Waals surface area contributed by atoms with Crippen molar-refractivity contribution in [1.82, 2.24) is 0 Å². The van der Waals surface area contributed by atoms with E-state index in [1.165, 1.54) is 0 Å². The second-order valence-corrected chi connectivity index (χ2v) is 3.68. The first-order chi connectivity index (χ1) is 7.24. The Hall–Kier alpha value is -1.10. The molecule has 1 aliphatic rings. The van der Waals surface area contributed by atoms with E-state index < -0.39 is 6.04 Å². The van der Waals surface area contributed by atoms with Gasteiger partial charge in [0.1, 0.15) is 5.75 Å². The lowest BCUT2D eigenvalue weighted by Crippen LogP contribution is -2.20. The minimum Gasteiger partial charge on any atom is -0.467 e. The summed E-state index contributed by atoms with van der Waals surface area (Å²) in [5.74, 6) is 0.780. The number of aliphatic hydroxyl groups is 1. The summed E-state index contributed by atoms with van der Waals surface area (Å²) >= 11 is 0. The Bertz CT molecular complexity index is 365. The molecule has 1 heterocycles. The molecule has 1 aromatic carbocycles. The zero-order chi connectivity index (χ0) is 10.8. The Kier molecular flexibility index (Phi) is 2.90. The van der Waals surface area contributed by atoms with Crippen LogP contribution in [0.1, 0.15) is 22.7 Å². The molecular weight excluding hydrogens is 194 g/mol. The summed E-state index contributed by atoms with van der Waals surface area (Å²) in [6.07, 6.45) is 0. The number of hydrogen-bond donors (Lipinski definition) is 2. The molecule has 1 aliphatic heterocycles. The minimum absolute atomic E-state index is 0.0836. The van der Waals surface area contributed by atoms with Crippen molar-refractivity contribution in [3.63, 3.8) is 0 Å². The van der Waals surface area contributed by atoms with E-state index in [0.29, 0.717) is 6.61 Å². The molecular formula is C11H15NO3. The van der Waals surface area contributed by atoms with E-state index in [1.807, 2.05) is 19.1 Å². The highest BCUT2D eigenvalue weighted by atomic mass is 16.7. The molecule has 2 rings (SSSR count). The quantitative estimate of drug-likeness (QED) is 0.758. The van der Waals surface area contributed by atoms with Gasteiger partial charge in [-0.15, -0.1) is 0 Å². The maximum atomic E-state index is 9.05. The standard InChI is InChI=1S/C11H15NO3/c1-7-2-3-8(10(12)4-13)11-9(7)5-14-6-15-11/h2-3,10,13H,4-6,12H2,1H3. The lowest BCUT2D eigenvalue weighted by Gasteiger charge is -2.24. The van der Waals surface area contributed by atoms with Crippen LogP contribution < -0.4 is 10.5 Å². The molecule has 15 heavy (non-hydrogen) atoms. The molecule has 4 heteroatoms. The molecule has 0 fully saturated rings. The molecule has 4 nitrogen and oxygen atoms in total. The summed E-state index contributed by atoms with van der Waals surface area (Å²) in [6, 6.07) is 3.49. The van der Waals surface area contributed by atoms with Crippen molar-refractivity contribution in [2.24, 2.45) is 5.73 Å². The van der Waals surface area contributed by atoms with Crippen LogP contribution in [0.15, 0.2) is 12.1 Å².